The van der Waals surface area contributed by atoms with Gasteiger partial charge in [0, 0.05) is 37.7 Å². The fraction of sp³-hybridized carbons (Fsp3) is 0.333. The first-order valence-electron chi connectivity index (χ1n) is 11.0. The van der Waals surface area contributed by atoms with Gasteiger partial charge in [0.15, 0.2) is 5.16 Å². The third-order valence-electron chi connectivity index (χ3n) is 5.64. The Hall–Kier alpha value is -2.62. The molecule has 1 amide bonds. The van der Waals surface area contributed by atoms with Crippen molar-refractivity contribution >= 4 is 33.4 Å². The van der Waals surface area contributed by atoms with E-state index in [1.54, 1.807) is 24.4 Å². The van der Waals surface area contributed by atoms with E-state index in [0.717, 1.165) is 35.5 Å². The summed E-state index contributed by atoms with van der Waals surface area (Å²) in [5.41, 5.74) is 2.49. The first-order valence-corrected chi connectivity index (χ1v) is 13.4. The Morgan fingerprint density at radius 2 is 1.85 bits per heavy atom. The van der Waals surface area contributed by atoms with Crippen LogP contribution in [0.3, 0.4) is 0 Å². The molecule has 0 aliphatic carbocycles. The molecule has 0 saturated carbocycles. The summed E-state index contributed by atoms with van der Waals surface area (Å²) in [6, 6.07) is 15.0. The molecule has 1 saturated heterocycles. The van der Waals surface area contributed by atoms with Crippen LogP contribution in [-0.4, -0.2) is 47.0 Å². The van der Waals surface area contributed by atoms with Crippen LogP contribution in [0.25, 0.3) is 0 Å². The number of aromatic nitrogens is 2. The molecular weight excluding hydrogens is 456 g/mol. The zero-order valence-corrected chi connectivity index (χ0v) is 20.2. The predicted molar refractivity (Wildman–Crippen MR) is 131 cm³/mol. The maximum absolute atomic E-state index is 13.0. The lowest BCUT2D eigenvalue weighted by Crippen LogP contribution is -2.35. The third-order valence-corrected chi connectivity index (χ3v) is 8.54. The second kappa shape index (κ2) is 10.5. The molecule has 174 valence electrons. The molecule has 4 rings (SSSR count). The summed E-state index contributed by atoms with van der Waals surface area (Å²) < 4.78 is 29.5. The van der Waals surface area contributed by atoms with Gasteiger partial charge in [-0.3, -0.25) is 4.79 Å². The Morgan fingerprint density at radius 3 is 2.61 bits per heavy atom. The minimum Gasteiger partial charge on any atom is -0.325 e. The van der Waals surface area contributed by atoms with E-state index in [9.17, 15) is 13.2 Å². The number of nitrogens with one attached hydrogen (secondary N) is 1. The van der Waals surface area contributed by atoms with Gasteiger partial charge >= 0.3 is 0 Å². The summed E-state index contributed by atoms with van der Waals surface area (Å²) in [5.74, 6) is -0.0289. The number of carbonyl (C=O) groups excluding carboxylic acids is 1. The summed E-state index contributed by atoms with van der Waals surface area (Å²) in [7, 11) is -3.56. The summed E-state index contributed by atoms with van der Waals surface area (Å²) in [5, 5.41) is 3.63. The van der Waals surface area contributed by atoms with Gasteiger partial charge in [-0.15, -0.1) is 0 Å². The average Bonchev–Trinajstić information content (AvgIpc) is 3.27. The van der Waals surface area contributed by atoms with Crippen molar-refractivity contribution in [2.75, 3.05) is 24.2 Å². The van der Waals surface area contributed by atoms with Gasteiger partial charge in [-0.05, 0) is 43.0 Å². The van der Waals surface area contributed by atoms with E-state index in [1.807, 2.05) is 35.9 Å². The summed E-state index contributed by atoms with van der Waals surface area (Å²) >= 11 is 1.35. The number of hydrogen-bond acceptors (Lipinski definition) is 5. The van der Waals surface area contributed by atoms with Crippen molar-refractivity contribution < 1.29 is 13.2 Å². The first-order chi connectivity index (χ1) is 15.9. The molecule has 3 aromatic rings. The topological polar surface area (TPSA) is 84.3 Å². The summed E-state index contributed by atoms with van der Waals surface area (Å²) in [4.78, 5) is 17.3. The van der Waals surface area contributed by atoms with E-state index in [0.29, 0.717) is 25.3 Å². The van der Waals surface area contributed by atoms with Crippen LogP contribution in [0.2, 0.25) is 0 Å². The lowest BCUT2D eigenvalue weighted by molar-refractivity contribution is -0.113. The number of imidazole rings is 1. The molecule has 1 fully saturated rings. The third kappa shape index (κ3) is 5.85. The fourth-order valence-corrected chi connectivity index (χ4v) is 6.11. The van der Waals surface area contributed by atoms with Gasteiger partial charge < -0.3 is 9.88 Å². The lowest BCUT2D eigenvalue weighted by atomic mass is 10.2. The maximum atomic E-state index is 13.0. The van der Waals surface area contributed by atoms with Gasteiger partial charge in [-0.25, -0.2) is 13.4 Å². The molecule has 0 spiro atoms. The van der Waals surface area contributed by atoms with Crippen LogP contribution in [0, 0.1) is 6.92 Å². The highest BCUT2D eigenvalue weighted by atomic mass is 32.2. The van der Waals surface area contributed by atoms with E-state index in [-0.39, 0.29) is 16.6 Å². The van der Waals surface area contributed by atoms with Crippen LogP contribution >= 0.6 is 11.8 Å². The van der Waals surface area contributed by atoms with Gasteiger partial charge in [-0.2, -0.15) is 4.31 Å². The molecule has 1 aromatic heterocycles. The lowest BCUT2D eigenvalue weighted by Gasteiger charge is -2.26. The van der Waals surface area contributed by atoms with E-state index >= 15 is 0 Å². The number of rotatable bonds is 8. The molecule has 1 aliphatic heterocycles. The van der Waals surface area contributed by atoms with Gasteiger partial charge in [0.2, 0.25) is 15.9 Å². The zero-order valence-electron chi connectivity index (χ0n) is 18.6. The van der Waals surface area contributed by atoms with Crippen molar-refractivity contribution in [3.63, 3.8) is 0 Å². The number of anilines is 1. The average molecular weight is 485 g/mol. The summed E-state index contributed by atoms with van der Waals surface area (Å²) in [6.45, 7) is 3.63. The van der Waals surface area contributed by atoms with E-state index in [1.165, 1.54) is 16.1 Å². The highest BCUT2D eigenvalue weighted by Crippen LogP contribution is 2.26. The minimum atomic E-state index is -3.56. The fourth-order valence-electron chi connectivity index (χ4n) is 3.80. The number of piperidine rings is 1. The predicted octanol–water partition coefficient (Wildman–Crippen LogP) is 4.15. The molecular formula is C24H28N4O3S2. The maximum Gasteiger partial charge on any atom is 0.243 e. The minimum absolute atomic E-state index is 0.175. The number of thioether (sulfide) groups is 1. The van der Waals surface area contributed by atoms with Gasteiger partial charge in [0.1, 0.15) is 0 Å². The first kappa shape index (κ1) is 23.5. The Labute approximate surface area is 199 Å². The Bertz CT molecular complexity index is 1200. The van der Waals surface area contributed by atoms with Crippen molar-refractivity contribution in [1.82, 2.24) is 13.9 Å². The van der Waals surface area contributed by atoms with Gasteiger partial charge in [0.25, 0.3) is 0 Å². The molecule has 2 heterocycles. The number of carbonyl (C=O) groups is 1. The monoisotopic (exact) mass is 484 g/mol. The summed E-state index contributed by atoms with van der Waals surface area (Å²) in [6.07, 6.45) is 6.44. The van der Waals surface area contributed by atoms with Crippen molar-refractivity contribution in [2.24, 2.45) is 0 Å². The number of sulfonamides is 1. The molecule has 0 unspecified atom stereocenters. The SMILES string of the molecule is Cc1ccc(S(=O)(=O)N2CCCCC2)cc1NC(=O)CSc1nccn1Cc1ccccc1. The molecule has 7 nitrogen and oxygen atoms in total. The molecule has 2 aromatic carbocycles. The van der Waals surface area contributed by atoms with Gasteiger partial charge in [-0.1, -0.05) is 54.6 Å². The van der Waals surface area contributed by atoms with Crippen molar-refractivity contribution in [3.05, 3.63) is 72.1 Å². The van der Waals surface area contributed by atoms with Crippen molar-refractivity contribution in [1.29, 1.82) is 0 Å². The Balaban J connectivity index is 1.40. The Morgan fingerprint density at radius 1 is 1.09 bits per heavy atom. The van der Waals surface area contributed by atoms with Crippen LogP contribution < -0.4 is 5.32 Å². The molecule has 33 heavy (non-hydrogen) atoms. The van der Waals surface area contributed by atoms with Gasteiger partial charge in [0.05, 0.1) is 10.6 Å². The highest BCUT2D eigenvalue weighted by Gasteiger charge is 2.26. The second-order valence-corrected chi connectivity index (χ2v) is 11.0. The number of aryl methyl sites for hydroxylation is 1. The molecule has 1 aliphatic rings. The smallest absolute Gasteiger partial charge is 0.243 e. The van der Waals surface area contributed by atoms with Crippen LogP contribution in [0.4, 0.5) is 5.69 Å². The number of amides is 1. The zero-order chi connectivity index (χ0) is 23.3. The Kier molecular flexibility index (Phi) is 7.52. The normalized spacial score (nSPS) is 14.8. The highest BCUT2D eigenvalue weighted by molar-refractivity contribution is 7.99. The van der Waals surface area contributed by atoms with E-state index < -0.39 is 10.0 Å². The number of benzene rings is 2. The number of nitrogens with zero attached hydrogens (tertiary/aromatic N) is 3. The van der Waals surface area contributed by atoms with Crippen LogP contribution in [0.1, 0.15) is 30.4 Å². The van der Waals surface area contributed by atoms with E-state index in [4.69, 9.17) is 0 Å². The second-order valence-electron chi connectivity index (χ2n) is 8.10. The van der Waals surface area contributed by atoms with E-state index in [2.05, 4.69) is 22.4 Å². The van der Waals surface area contributed by atoms with Crippen molar-refractivity contribution in [3.8, 4) is 0 Å². The van der Waals surface area contributed by atoms with Crippen LogP contribution in [0.5, 0.6) is 0 Å². The van der Waals surface area contributed by atoms with Crippen molar-refractivity contribution in [2.45, 2.75) is 42.8 Å². The molecule has 1 N–H and O–H groups in total. The quantitative estimate of drug-likeness (QED) is 0.486. The van der Waals surface area contributed by atoms with Crippen LogP contribution in [-0.2, 0) is 21.4 Å². The standard InChI is InChI=1S/C24H28N4O3S2/c1-19-10-11-21(33(30,31)28-13-6-3-7-14-28)16-22(19)26-23(29)18-32-24-25-12-15-27(24)17-20-8-4-2-5-9-20/h2,4-5,8-12,15-16H,3,6-7,13-14,17-18H2,1H3,(H,26,29). The molecule has 0 radical (unpaired) electrons. The molecule has 0 bridgehead atoms. The van der Waals surface area contributed by atoms with Crippen LogP contribution in [0.15, 0.2) is 71.0 Å². The molecule has 9 heteroatoms. The largest absolute Gasteiger partial charge is 0.325 e. The number of hydrogen-bond donors (Lipinski definition) is 1. The molecule has 0 atom stereocenters.